The molecule has 0 amide bonds. The molecule has 30 heavy (non-hydrogen) atoms. The van der Waals surface area contributed by atoms with Crippen LogP contribution in [0.2, 0.25) is 0 Å². The van der Waals surface area contributed by atoms with Gasteiger partial charge in [0.2, 0.25) is 5.95 Å². The van der Waals surface area contributed by atoms with Gasteiger partial charge in [-0.3, -0.25) is 19.4 Å². The highest BCUT2D eigenvalue weighted by atomic mass is 16.6. The average molecular weight is 421 g/mol. The SMILES string of the molecule is CC(OC(=O)C(C)(C)C)C(CCn1cnc2c(=O)[nH]c(N)nc21)OC(=O)C(C)(C)C. The predicted molar refractivity (Wildman–Crippen MR) is 112 cm³/mol. The second-order valence-electron chi connectivity index (χ2n) is 9.40. The van der Waals surface area contributed by atoms with Crippen molar-refractivity contribution in [1.29, 1.82) is 0 Å². The molecule has 0 aliphatic carbocycles. The van der Waals surface area contributed by atoms with E-state index in [1.807, 2.05) is 0 Å². The van der Waals surface area contributed by atoms with Gasteiger partial charge in [0, 0.05) is 13.0 Å². The van der Waals surface area contributed by atoms with E-state index in [4.69, 9.17) is 15.2 Å². The number of nitrogens with two attached hydrogens (primary N) is 1. The number of hydrogen-bond donors (Lipinski definition) is 2. The molecule has 2 heterocycles. The van der Waals surface area contributed by atoms with Crippen molar-refractivity contribution in [3.63, 3.8) is 0 Å². The third kappa shape index (κ3) is 5.58. The fourth-order valence-electron chi connectivity index (χ4n) is 2.53. The topological polar surface area (TPSA) is 142 Å². The molecular weight excluding hydrogens is 390 g/mol. The number of rotatable bonds is 6. The van der Waals surface area contributed by atoms with Crippen LogP contribution in [0.25, 0.3) is 11.2 Å². The quantitative estimate of drug-likeness (QED) is 0.675. The molecule has 2 aromatic rings. The van der Waals surface area contributed by atoms with E-state index in [1.165, 1.54) is 6.33 Å². The van der Waals surface area contributed by atoms with Gasteiger partial charge in [-0.25, -0.2) is 4.98 Å². The van der Waals surface area contributed by atoms with Crippen molar-refractivity contribution < 1.29 is 19.1 Å². The summed E-state index contributed by atoms with van der Waals surface area (Å²) in [5.41, 5.74) is 4.30. The second-order valence-corrected chi connectivity index (χ2v) is 9.40. The molecule has 0 saturated carbocycles. The molecule has 166 valence electrons. The number of nitrogen functional groups attached to an aromatic ring is 1. The van der Waals surface area contributed by atoms with Gasteiger partial charge >= 0.3 is 11.9 Å². The van der Waals surface area contributed by atoms with Gasteiger partial charge in [-0.2, -0.15) is 4.98 Å². The summed E-state index contributed by atoms with van der Waals surface area (Å²) >= 11 is 0. The number of hydrogen-bond acceptors (Lipinski definition) is 8. The number of H-pyrrole nitrogens is 1. The number of anilines is 1. The summed E-state index contributed by atoms with van der Waals surface area (Å²) in [5, 5.41) is 0. The summed E-state index contributed by atoms with van der Waals surface area (Å²) in [6.45, 7) is 12.5. The zero-order chi connectivity index (χ0) is 22.9. The lowest BCUT2D eigenvalue weighted by molar-refractivity contribution is -0.177. The molecule has 0 radical (unpaired) electrons. The number of aryl methyl sites for hydroxylation is 1. The van der Waals surface area contributed by atoms with Crippen LogP contribution in [0.4, 0.5) is 5.95 Å². The number of carbonyl (C=O) groups excluding carboxylic acids is 2. The van der Waals surface area contributed by atoms with Gasteiger partial charge in [0.1, 0.15) is 12.2 Å². The van der Waals surface area contributed by atoms with Crippen LogP contribution in [0, 0.1) is 10.8 Å². The average Bonchev–Trinajstić information content (AvgIpc) is 2.99. The zero-order valence-corrected chi connectivity index (χ0v) is 18.6. The minimum absolute atomic E-state index is 0.0163. The largest absolute Gasteiger partial charge is 0.458 e. The molecule has 0 fully saturated rings. The minimum Gasteiger partial charge on any atom is -0.458 e. The molecule has 0 aliphatic heterocycles. The lowest BCUT2D eigenvalue weighted by Crippen LogP contribution is -2.39. The Balaban J connectivity index is 2.23. The van der Waals surface area contributed by atoms with E-state index in [2.05, 4.69) is 15.0 Å². The Morgan fingerprint density at radius 2 is 1.70 bits per heavy atom. The molecule has 2 atom stereocenters. The summed E-state index contributed by atoms with van der Waals surface area (Å²) in [6.07, 6.45) is 0.431. The maximum atomic E-state index is 12.5. The maximum absolute atomic E-state index is 12.5. The Morgan fingerprint density at radius 3 is 2.27 bits per heavy atom. The van der Waals surface area contributed by atoms with Gasteiger partial charge in [0.15, 0.2) is 11.2 Å². The van der Waals surface area contributed by atoms with Crippen molar-refractivity contribution in [2.75, 3.05) is 5.73 Å². The fourth-order valence-corrected chi connectivity index (χ4v) is 2.53. The van der Waals surface area contributed by atoms with E-state index < -0.39 is 34.6 Å². The predicted octanol–water partition coefficient (Wildman–Crippen LogP) is 2.03. The highest BCUT2D eigenvalue weighted by molar-refractivity contribution is 5.76. The van der Waals surface area contributed by atoms with Crippen LogP contribution in [-0.4, -0.2) is 43.7 Å². The summed E-state index contributed by atoms with van der Waals surface area (Å²) in [4.78, 5) is 47.3. The number of aromatic nitrogens is 4. The lowest BCUT2D eigenvalue weighted by atomic mass is 9.96. The Morgan fingerprint density at radius 1 is 1.13 bits per heavy atom. The van der Waals surface area contributed by atoms with E-state index in [9.17, 15) is 14.4 Å². The lowest BCUT2D eigenvalue weighted by Gasteiger charge is -2.29. The molecule has 0 spiro atoms. The van der Waals surface area contributed by atoms with Crippen LogP contribution in [0.15, 0.2) is 11.1 Å². The molecular formula is C20H31N5O5. The molecule has 10 heteroatoms. The summed E-state index contributed by atoms with van der Waals surface area (Å²) in [6, 6.07) is 0. The standard InChI is InChI=1S/C20H31N5O5/c1-11(29-16(27)19(2,3)4)12(30-17(28)20(5,6)7)8-9-25-10-22-13-14(25)23-18(21)24-15(13)26/h10-12H,8-9H2,1-7H3,(H3,21,23,24,26). The van der Waals surface area contributed by atoms with Crippen LogP contribution in [0.1, 0.15) is 54.9 Å². The number of ether oxygens (including phenoxy) is 2. The van der Waals surface area contributed by atoms with Crippen LogP contribution in [0.3, 0.4) is 0 Å². The number of nitrogens with zero attached hydrogens (tertiary/aromatic N) is 3. The van der Waals surface area contributed by atoms with Crippen LogP contribution < -0.4 is 11.3 Å². The molecule has 0 bridgehead atoms. The van der Waals surface area contributed by atoms with Gasteiger partial charge < -0.3 is 19.8 Å². The minimum atomic E-state index is -0.711. The van der Waals surface area contributed by atoms with Crippen LogP contribution in [-0.2, 0) is 25.6 Å². The molecule has 2 unspecified atom stereocenters. The third-order valence-corrected chi connectivity index (χ3v) is 4.45. The summed E-state index contributed by atoms with van der Waals surface area (Å²) < 4.78 is 12.9. The monoisotopic (exact) mass is 421 g/mol. The Kier molecular flexibility index (Phi) is 6.58. The van der Waals surface area contributed by atoms with Crippen LogP contribution >= 0.6 is 0 Å². The van der Waals surface area contributed by atoms with E-state index in [0.717, 1.165) is 0 Å². The van der Waals surface area contributed by atoms with Crippen molar-refractivity contribution in [3.8, 4) is 0 Å². The van der Waals surface area contributed by atoms with E-state index in [-0.39, 0.29) is 17.4 Å². The Labute approximate surface area is 175 Å². The Hall–Kier alpha value is -2.91. The van der Waals surface area contributed by atoms with E-state index in [1.54, 1.807) is 53.0 Å². The highest BCUT2D eigenvalue weighted by Crippen LogP contribution is 2.23. The van der Waals surface area contributed by atoms with Gasteiger partial charge in [0.05, 0.1) is 17.2 Å². The van der Waals surface area contributed by atoms with E-state index >= 15 is 0 Å². The number of carbonyl (C=O) groups is 2. The highest BCUT2D eigenvalue weighted by Gasteiger charge is 2.33. The number of esters is 2. The molecule has 3 N–H and O–H groups in total. The fraction of sp³-hybridized carbons (Fsp3) is 0.650. The first-order chi connectivity index (χ1) is 13.7. The first kappa shape index (κ1) is 23.4. The van der Waals surface area contributed by atoms with Gasteiger partial charge in [-0.15, -0.1) is 0 Å². The van der Waals surface area contributed by atoms with Crippen molar-refractivity contribution in [3.05, 3.63) is 16.7 Å². The number of aromatic amines is 1. The van der Waals surface area contributed by atoms with Crippen molar-refractivity contribution >= 4 is 29.1 Å². The van der Waals surface area contributed by atoms with Crippen molar-refractivity contribution in [2.24, 2.45) is 10.8 Å². The summed E-state index contributed by atoms with van der Waals surface area (Å²) in [5.74, 6) is -0.807. The maximum Gasteiger partial charge on any atom is 0.311 e. The molecule has 0 saturated heterocycles. The second kappa shape index (κ2) is 8.45. The zero-order valence-electron chi connectivity index (χ0n) is 18.6. The third-order valence-electron chi connectivity index (χ3n) is 4.45. The van der Waals surface area contributed by atoms with Crippen molar-refractivity contribution in [2.45, 2.75) is 73.6 Å². The smallest absolute Gasteiger partial charge is 0.311 e. The first-order valence-electron chi connectivity index (χ1n) is 9.83. The first-order valence-corrected chi connectivity index (χ1v) is 9.83. The van der Waals surface area contributed by atoms with E-state index in [0.29, 0.717) is 18.6 Å². The van der Waals surface area contributed by atoms with Gasteiger partial charge in [0.25, 0.3) is 5.56 Å². The van der Waals surface area contributed by atoms with Gasteiger partial charge in [-0.1, -0.05) is 0 Å². The molecule has 0 aromatic carbocycles. The molecule has 2 rings (SSSR count). The number of nitrogens with one attached hydrogen (secondary N) is 1. The summed E-state index contributed by atoms with van der Waals surface area (Å²) in [7, 11) is 0. The number of imidazole rings is 1. The molecule has 2 aromatic heterocycles. The Bertz CT molecular complexity index is 980. The molecule has 10 nitrogen and oxygen atoms in total. The van der Waals surface area contributed by atoms with Crippen LogP contribution in [0.5, 0.6) is 0 Å². The number of fused-ring (bicyclic) bond motifs is 1. The normalized spacial score (nSPS) is 14.4. The molecule has 0 aliphatic rings. The van der Waals surface area contributed by atoms with Crippen molar-refractivity contribution in [1.82, 2.24) is 19.5 Å². The van der Waals surface area contributed by atoms with Gasteiger partial charge in [-0.05, 0) is 48.5 Å².